The maximum Gasteiger partial charge on any atom is 0.323 e. The van der Waals surface area contributed by atoms with Crippen molar-refractivity contribution in [2.24, 2.45) is 0 Å². The zero-order chi connectivity index (χ0) is 23.7. The minimum Gasteiger partial charge on any atom is -0.494 e. The van der Waals surface area contributed by atoms with Crippen molar-refractivity contribution >= 4 is 11.7 Å². The molecule has 2 heterocycles. The van der Waals surface area contributed by atoms with Gasteiger partial charge in [0, 0.05) is 18.0 Å². The van der Waals surface area contributed by atoms with E-state index in [1.807, 2.05) is 73.8 Å². The third-order valence-electron chi connectivity index (χ3n) is 5.90. The Hall–Kier alpha value is -4.13. The fourth-order valence-corrected chi connectivity index (χ4v) is 4.38. The third kappa shape index (κ3) is 4.01. The largest absolute Gasteiger partial charge is 0.494 e. The molecule has 1 aliphatic heterocycles. The number of anilines is 1. The summed E-state index contributed by atoms with van der Waals surface area (Å²) in [6.07, 6.45) is 1.97. The van der Waals surface area contributed by atoms with E-state index in [1.54, 1.807) is 4.90 Å². The van der Waals surface area contributed by atoms with Crippen LogP contribution < -0.4 is 10.1 Å². The highest BCUT2D eigenvalue weighted by molar-refractivity contribution is 5.90. The monoisotopic (exact) mass is 459 g/mol. The van der Waals surface area contributed by atoms with E-state index in [1.165, 1.54) is 6.07 Å². The minimum absolute atomic E-state index is 0.0789. The van der Waals surface area contributed by atoms with Crippen LogP contribution in [0.3, 0.4) is 0 Å². The number of nitrogens with zero attached hydrogens (tertiary/aromatic N) is 2. The van der Waals surface area contributed by atoms with Crippen LogP contribution in [-0.2, 0) is 6.54 Å². The summed E-state index contributed by atoms with van der Waals surface area (Å²) in [6, 6.07) is 21.5. The standard InChI is InChI=1S/C27H23F2N3O2/c1-2-34-21-12-9-18(10-13-21)26-25-8-5-15-31(25)24-7-4-3-6-19(24)17-32(26)27(33)30-23-14-11-20(28)16-22(23)29/h3-16,26H,2,17H2,1H3,(H,30,33). The Labute approximate surface area is 196 Å². The average Bonchev–Trinajstić information content (AvgIpc) is 3.26. The number of nitrogens with one attached hydrogen (secondary N) is 1. The molecule has 1 N–H and O–H groups in total. The zero-order valence-corrected chi connectivity index (χ0v) is 18.5. The fourth-order valence-electron chi connectivity index (χ4n) is 4.38. The second kappa shape index (κ2) is 9.02. The number of hydrogen-bond acceptors (Lipinski definition) is 2. The van der Waals surface area contributed by atoms with Crippen LogP contribution in [0.1, 0.15) is 29.8 Å². The molecule has 172 valence electrons. The van der Waals surface area contributed by atoms with Gasteiger partial charge in [0.25, 0.3) is 0 Å². The lowest BCUT2D eigenvalue weighted by molar-refractivity contribution is 0.194. The summed E-state index contributed by atoms with van der Waals surface area (Å²) < 4.78 is 35.4. The van der Waals surface area contributed by atoms with Crippen molar-refractivity contribution in [1.29, 1.82) is 0 Å². The molecule has 5 nitrogen and oxygen atoms in total. The van der Waals surface area contributed by atoms with Crippen LogP contribution >= 0.6 is 0 Å². The highest BCUT2D eigenvalue weighted by atomic mass is 19.1. The molecule has 0 bridgehead atoms. The van der Waals surface area contributed by atoms with Gasteiger partial charge in [-0.2, -0.15) is 0 Å². The first-order valence-corrected chi connectivity index (χ1v) is 11.1. The number of ether oxygens (including phenoxy) is 1. The summed E-state index contributed by atoms with van der Waals surface area (Å²) >= 11 is 0. The Balaban J connectivity index is 1.60. The molecule has 0 saturated carbocycles. The Morgan fingerprint density at radius 2 is 1.82 bits per heavy atom. The number of fused-ring (bicyclic) bond motifs is 3. The summed E-state index contributed by atoms with van der Waals surface area (Å²) in [7, 11) is 0. The van der Waals surface area contributed by atoms with Gasteiger partial charge in [-0.1, -0.05) is 30.3 Å². The maximum absolute atomic E-state index is 14.3. The lowest BCUT2D eigenvalue weighted by Gasteiger charge is -2.31. The van der Waals surface area contributed by atoms with Gasteiger partial charge in [-0.15, -0.1) is 0 Å². The van der Waals surface area contributed by atoms with Gasteiger partial charge in [-0.05, 0) is 60.5 Å². The van der Waals surface area contributed by atoms with E-state index >= 15 is 0 Å². The second-order valence-electron chi connectivity index (χ2n) is 8.02. The number of para-hydroxylation sites is 1. The summed E-state index contributed by atoms with van der Waals surface area (Å²) in [5.74, 6) is -0.795. The molecule has 0 spiro atoms. The van der Waals surface area contributed by atoms with Crippen LogP contribution in [0.15, 0.2) is 85.1 Å². The molecule has 1 aliphatic rings. The molecule has 0 radical (unpaired) electrons. The SMILES string of the molecule is CCOc1ccc(C2c3cccn3-c3ccccc3CN2C(=O)Nc2ccc(F)cc2F)cc1. The second-order valence-corrected chi connectivity index (χ2v) is 8.02. The molecule has 7 heteroatoms. The first-order chi connectivity index (χ1) is 16.5. The normalized spacial score (nSPS) is 14.7. The van der Waals surface area contributed by atoms with Gasteiger partial charge in [0.2, 0.25) is 0 Å². The first-order valence-electron chi connectivity index (χ1n) is 11.1. The molecule has 0 fully saturated rings. The van der Waals surface area contributed by atoms with E-state index in [9.17, 15) is 13.6 Å². The maximum atomic E-state index is 14.3. The predicted molar refractivity (Wildman–Crippen MR) is 126 cm³/mol. The smallest absolute Gasteiger partial charge is 0.323 e. The summed E-state index contributed by atoms with van der Waals surface area (Å²) in [5, 5.41) is 2.63. The summed E-state index contributed by atoms with van der Waals surface area (Å²) in [6.45, 7) is 2.77. The van der Waals surface area contributed by atoms with Gasteiger partial charge >= 0.3 is 6.03 Å². The molecule has 4 aromatic rings. The van der Waals surface area contributed by atoms with Gasteiger partial charge in [0.15, 0.2) is 0 Å². The van der Waals surface area contributed by atoms with Crippen molar-refractivity contribution in [3.63, 3.8) is 0 Å². The quantitative estimate of drug-likeness (QED) is 0.390. The van der Waals surface area contributed by atoms with Crippen LogP contribution in [0.5, 0.6) is 5.75 Å². The average molecular weight is 459 g/mol. The van der Waals surface area contributed by atoms with Crippen LogP contribution in [0, 0.1) is 11.6 Å². The highest BCUT2D eigenvalue weighted by Gasteiger charge is 2.33. The molecule has 34 heavy (non-hydrogen) atoms. The number of rotatable bonds is 4. The van der Waals surface area contributed by atoms with E-state index in [4.69, 9.17) is 4.74 Å². The fraction of sp³-hybridized carbons (Fsp3) is 0.148. The van der Waals surface area contributed by atoms with Gasteiger partial charge in [0.1, 0.15) is 17.4 Å². The lowest BCUT2D eigenvalue weighted by atomic mass is 10.0. The van der Waals surface area contributed by atoms with E-state index in [-0.39, 0.29) is 5.69 Å². The van der Waals surface area contributed by atoms with Crippen molar-refractivity contribution < 1.29 is 18.3 Å². The molecule has 1 aromatic heterocycles. The number of benzene rings is 3. The number of halogens is 2. The first kappa shape index (κ1) is 21.7. The Bertz CT molecular complexity index is 1330. The number of hydrogen-bond donors (Lipinski definition) is 1. The number of amides is 2. The molecule has 1 unspecified atom stereocenters. The number of carbonyl (C=O) groups is 1. The molecule has 3 aromatic carbocycles. The van der Waals surface area contributed by atoms with Crippen LogP contribution in [0.4, 0.5) is 19.3 Å². The Morgan fingerprint density at radius 3 is 2.59 bits per heavy atom. The van der Waals surface area contributed by atoms with Gasteiger partial charge in [0.05, 0.1) is 30.6 Å². The predicted octanol–water partition coefficient (Wildman–Crippen LogP) is 6.29. The van der Waals surface area contributed by atoms with Gasteiger partial charge in [-0.25, -0.2) is 13.6 Å². The lowest BCUT2D eigenvalue weighted by Crippen LogP contribution is -2.38. The van der Waals surface area contributed by atoms with Crippen molar-refractivity contribution in [1.82, 2.24) is 9.47 Å². The van der Waals surface area contributed by atoms with Crippen LogP contribution in [0.2, 0.25) is 0 Å². The minimum atomic E-state index is -0.829. The van der Waals surface area contributed by atoms with Crippen molar-refractivity contribution in [2.45, 2.75) is 19.5 Å². The number of urea groups is 1. The molecule has 0 aliphatic carbocycles. The number of aromatic nitrogens is 1. The van der Waals surface area contributed by atoms with E-state index in [0.29, 0.717) is 13.2 Å². The molecular weight excluding hydrogens is 436 g/mol. The van der Waals surface area contributed by atoms with Gasteiger partial charge < -0.3 is 19.5 Å². The summed E-state index contributed by atoms with van der Waals surface area (Å²) in [5.41, 5.74) is 3.62. The Morgan fingerprint density at radius 1 is 1.03 bits per heavy atom. The van der Waals surface area contributed by atoms with E-state index < -0.39 is 23.7 Å². The van der Waals surface area contributed by atoms with Crippen molar-refractivity contribution in [2.75, 3.05) is 11.9 Å². The van der Waals surface area contributed by atoms with E-state index in [0.717, 1.165) is 40.4 Å². The molecule has 5 rings (SSSR count). The van der Waals surface area contributed by atoms with Crippen molar-refractivity contribution in [3.8, 4) is 11.4 Å². The Kier molecular flexibility index (Phi) is 5.76. The molecule has 0 saturated heterocycles. The van der Waals surface area contributed by atoms with E-state index in [2.05, 4.69) is 9.88 Å². The topological polar surface area (TPSA) is 46.5 Å². The summed E-state index contributed by atoms with van der Waals surface area (Å²) in [4.78, 5) is 15.2. The zero-order valence-electron chi connectivity index (χ0n) is 18.5. The van der Waals surface area contributed by atoms with Crippen LogP contribution in [0.25, 0.3) is 5.69 Å². The molecule has 2 amide bonds. The number of carbonyl (C=O) groups excluding carboxylic acids is 1. The third-order valence-corrected chi connectivity index (χ3v) is 5.90. The van der Waals surface area contributed by atoms with Crippen LogP contribution in [-0.4, -0.2) is 22.1 Å². The highest BCUT2D eigenvalue weighted by Crippen LogP contribution is 2.37. The molecule has 1 atom stereocenters. The molecular formula is C27H23F2N3O2. The van der Waals surface area contributed by atoms with Gasteiger partial charge in [-0.3, -0.25) is 0 Å². The van der Waals surface area contributed by atoms with Crippen molar-refractivity contribution in [3.05, 3.63) is 114 Å².